The molecule has 0 aromatic rings. The van der Waals surface area contributed by atoms with Gasteiger partial charge in [0.25, 0.3) is 0 Å². The molecule has 2 saturated carbocycles. The zero-order chi connectivity index (χ0) is 12.0. The second-order valence-electron chi connectivity index (χ2n) is 5.56. The molecule has 0 aromatic heterocycles. The third kappa shape index (κ3) is 12.4. The van der Waals surface area contributed by atoms with Crippen molar-refractivity contribution in [1.29, 1.82) is 0 Å². The van der Waals surface area contributed by atoms with Crippen molar-refractivity contribution < 1.29 is 4.74 Å². The van der Waals surface area contributed by atoms with Gasteiger partial charge in [0.2, 0.25) is 0 Å². The van der Waals surface area contributed by atoms with Gasteiger partial charge in [0.1, 0.15) is 0 Å². The van der Waals surface area contributed by atoms with E-state index in [9.17, 15) is 0 Å². The lowest BCUT2D eigenvalue weighted by Gasteiger charge is -2.08. The molecule has 18 heavy (non-hydrogen) atoms. The van der Waals surface area contributed by atoms with Crippen LogP contribution >= 0.6 is 0 Å². The van der Waals surface area contributed by atoms with E-state index in [1.807, 2.05) is 0 Å². The minimum Gasteiger partial charge on any atom is -0.381 e. The highest BCUT2D eigenvalue weighted by atomic mass is 16.5. The zero-order valence-electron chi connectivity index (χ0n) is 11.7. The van der Waals surface area contributed by atoms with Crippen LogP contribution in [0.2, 0.25) is 0 Å². The van der Waals surface area contributed by atoms with Crippen LogP contribution in [0.15, 0.2) is 0 Å². The monoisotopic (exact) mass is 256 g/mol. The van der Waals surface area contributed by atoms with Crippen LogP contribution in [0.4, 0.5) is 0 Å². The van der Waals surface area contributed by atoms with Crippen molar-refractivity contribution in [2.75, 3.05) is 13.2 Å². The molecule has 0 unspecified atom stereocenters. The molecule has 1 nitrogen and oxygen atoms in total. The average molecular weight is 256 g/mol. The van der Waals surface area contributed by atoms with Crippen molar-refractivity contribution in [1.82, 2.24) is 0 Å². The molecular formula is C17H36O. The first-order chi connectivity index (χ1) is 8.50. The summed E-state index contributed by atoms with van der Waals surface area (Å²) in [6.07, 6.45) is 20.4. The highest BCUT2D eigenvalue weighted by Crippen LogP contribution is 2.15. The Hall–Kier alpha value is -0.0400. The highest BCUT2D eigenvalue weighted by molar-refractivity contribution is 4.51. The van der Waals surface area contributed by atoms with Crippen LogP contribution in [0.3, 0.4) is 0 Å². The van der Waals surface area contributed by atoms with Gasteiger partial charge in [-0.15, -0.1) is 0 Å². The van der Waals surface area contributed by atoms with Gasteiger partial charge in [0.05, 0.1) is 0 Å². The molecule has 1 saturated heterocycles. The Morgan fingerprint density at radius 3 is 0.667 bits per heavy atom. The lowest BCUT2D eigenvalue weighted by Crippen LogP contribution is -2.03. The molecule has 0 amide bonds. The molecule has 1 heterocycles. The van der Waals surface area contributed by atoms with Gasteiger partial charge >= 0.3 is 0 Å². The van der Waals surface area contributed by atoms with E-state index >= 15 is 0 Å². The van der Waals surface area contributed by atoms with Gasteiger partial charge in [-0.25, -0.2) is 0 Å². The lowest BCUT2D eigenvalue weighted by molar-refractivity contribution is 0.0968. The number of hydrogen-bond donors (Lipinski definition) is 0. The summed E-state index contributed by atoms with van der Waals surface area (Å²) in [5.41, 5.74) is 0. The quantitative estimate of drug-likeness (QED) is 0.508. The van der Waals surface area contributed by atoms with Crippen molar-refractivity contribution in [3.63, 3.8) is 0 Å². The summed E-state index contributed by atoms with van der Waals surface area (Å²) >= 11 is 0. The summed E-state index contributed by atoms with van der Waals surface area (Å²) in [5.74, 6) is 0. The molecule has 0 spiro atoms. The topological polar surface area (TPSA) is 9.23 Å². The SMILES string of the molecule is C.C1CCCC1.C1CCCCC1.C1CCOCC1. The van der Waals surface area contributed by atoms with Crippen LogP contribution in [0.25, 0.3) is 0 Å². The Bertz CT molecular complexity index is 89.9. The third-order valence-corrected chi connectivity index (χ3v) is 3.83. The van der Waals surface area contributed by atoms with Gasteiger partial charge in [-0.2, -0.15) is 0 Å². The van der Waals surface area contributed by atoms with Crippen LogP contribution in [-0.4, -0.2) is 13.2 Å². The van der Waals surface area contributed by atoms with Gasteiger partial charge in [0.15, 0.2) is 0 Å². The molecule has 0 aromatic carbocycles. The standard InChI is InChI=1S/C6H12.C5H10O.C5H10.CH4/c2*1-2-4-6-5-3-1;1-2-4-5-3-1;/h1-6H2;1-5H2;1-5H2;1H4. The molecule has 0 atom stereocenters. The van der Waals surface area contributed by atoms with Crippen LogP contribution in [-0.2, 0) is 4.74 Å². The van der Waals surface area contributed by atoms with E-state index in [-0.39, 0.29) is 7.43 Å². The predicted octanol–water partition coefficient (Wildman–Crippen LogP) is 6.11. The van der Waals surface area contributed by atoms with Crippen molar-refractivity contribution in [3.8, 4) is 0 Å². The Kier molecular flexibility index (Phi) is 15.0. The Labute approximate surface area is 116 Å². The molecule has 110 valence electrons. The van der Waals surface area contributed by atoms with E-state index in [1.165, 1.54) is 89.9 Å². The molecule has 3 aliphatic rings. The van der Waals surface area contributed by atoms with E-state index in [2.05, 4.69) is 0 Å². The van der Waals surface area contributed by atoms with Crippen molar-refractivity contribution in [2.24, 2.45) is 0 Å². The van der Waals surface area contributed by atoms with Crippen LogP contribution in [0.5, 0.6) is 0 Å². The van der Waals surface area contributed by atoms with E-state index in [0.29, 0.717) is 0 Å². The van der Waals surface area contributed by atoms with Crippen molar-refractivity contribution in [3.05, 3.63) is 0 Å². The first-order valence-electron chi connectivity index (χ1n) is 8.08. The number of ether oxygens (including phenoxy) is 1. The number of rotatable bonds is 0. The minimum atomic E-state index is 0. The smallest absolute Gasteiger partial charge is 0.0466 e. The molecule has 3 rings (SSSR count). The summed E-state index contributed by atoms with van der Waals surface area (Å²) in [6.45, 7) is 2.00. The fraction of sp³-hybridized carbons (Fsp3) is 1.00. The second-order valence-corrected chi connectivity index (χ2v) is 5.56. The van der Waals surface area contributed by atoms with E-state index < -0.39 is 0 Å². The third-order valence-electron chi connectivity index (χ3n) is 3.83. The van der Waals surface area contributed by atoms with Gasteiger partial charge in [-0.05, 0) is 19.3 Å². The van der Waals surface area contributed by atoms with Gasteiger partial charge in [-0.3, -0.25) is 0 Å². The molecule has 2 aliphatic carbocycles. The fourth-order valence-corrected chi connectivity index (χ4v) is 2.63. The molecule has 1 aliphatic heterocycles. The molecule has 3 fully saturated rings. The van der Waals surface area contributed by atoms with E-state index in [1.54, 1.807) is 0 Å². The summed E-state index contributed by atoms with van der Waals surface area (Å²) in [7, 11) is 0. The number of hydrogen-bond acceptors (Lipinski definition) is 1. The van der Waals surface area contributed by atoms with Gasteiger partial charge in [0, 0.05) is 13.2 Å². The van der Waals surface area contributed by atoms with E-state index in [4.69, 9.17) is 4.74 Å². The summed E-state index contributed by atoms with van der Waals surface area (Å²) in [6, 6.07) is 0. The normalized spacial score (nSPS) is 22.7. The molecule has 0 bridgehead atoms. The Morgan fingerprint density at radius 1 is 0.333 bits per heavy atom. The Balaban J connectivity index is 0.000000235. The molecule has 0 radical (unpaired) electrons. The minimum absolute atomic E-state index is 0. The maximum atomic E-state index is 5.07. The van der Waals surface area contributed by atoms with Crippen LogP contribution < -0.4 is 0 Å². The molecular weight excluding hydrogens is 220 g/mol. The predicted molar refractivity (Wildman–Crippen MR) is 82.2 cm³/mol. The summed E-state index contributed by atoms with van der Waals surface area (Å²) in [5, 5.41) is 0. The molecule has 0 N–H and O–H groups in total. The summed E-state index contributed by atoms with van der Waals surface area (Å²) in [4.78, 5) is 0. The first kappa shape index (κ1) is 18.0. The highest BCUT2D eigenvalue weighted by Gasteiger charge is 1.96. The van der Waals surface area contributed by atoms with Crippen LogP contribution in [0, 0.1) is 0 Å². The molecule has 1 heteroatoms. The second kappa shape index (κ2) is 15.0. The largest absolute Gasteiger partial charge is 0.381 e. The maximum absolute atomic E-state index is 5.07. The maximum Gasteiger partial charge on any atom is 0.0466 e. The van der Waals surface area contributed by atoms with Gasteiger partial charge in [-0.1, -0.05) is 78.1 Å². The summed E-state index contributed by atoms with van der Waals surface area (Å²) < 4.78 is 5.07. The fourth-order valence-electron chi connectivity index (χ4n) is 2.63. The van der Waals surface area contributed by atoms with Crippen molar-refractivity contribution >= 4 is 0 Å². The lowest BCUT2D eigenvalue weighted by atomic mass is 10.0. The first-order valence-corrected chi connectivity index (χ1v) is 8.08. The van der Waals surface area contributed by atoms with Crippen molar-refractivity contribution in [2.45, 2.75) is 97.3 Å². The van der Waals surface area contributed by atoms with E-state index in [0.717, 1.165) is 13.2 Å². The van der Waals surface area contributed by atoms with Gasteiger partial charge < -0.3 is 4.74 Å². The zero-order valence-corrected chi connectivity index (χ0v) is 11.7. The van der Waals surface area contributed by atoms with Crippen LogP contribution in [0.1, 0.15) is 97.3 Å². The average Bonchev–Trinajstić information content (AvgIpc) is 3.03. The Morgan fingerprint density at radius 2 is 0.556 bits per heavy atom.